The summed E-state index contributed by atoms with van der Waals surface area (Å²) in [6.07, 6.45) is 0.0427. The standard InChI is InChI=1S/C23H43NO8/c1-21(2,3)30-18(25)10-12-28-14-15-29-13-11-24-17(20(27)32-23(7,8)9)16-19(26)31-22(4,5)6/h17,24H,10-16H2,1-9H3. The van der Waals surface area contributed by atoms with Gasteiger partial charge < -0.3 is 29.0 Å². The van der Waals surface area contributed by atoms with Crippen LogP contribution in [0.2, 0.25) is 0 Å². The lowest BCUT2D eigenvalue weighted by molar-refractivity contribution is -0.164. The number of esters is 3. The van der Waals surface area contributed by atoms with Gasteiger partial charge in [0.05, 0.1) is 39.3 Å². The maximum Gasteiger partial charge on any atom is 0.324 e. The van der Waals surface area contributed by atoms with Gasteiger partial charge in [0.2, 0.25) is 0 Å². The van der Waals surface area contributed by atoms with Crippen molar-refractivity contribution in [3.8, 4) is 0 Å². The summed E-state index contributed by atoms with van der Waals surface area (Å²) in [5.74, 6) is -1.31. The molecule has 0 aliphatic heterocycles. The molecule has 0 aromatic carbocycles. The van der Waals surface area contributed by atoms with E-state index in [0.29, 0.717) is 26.4 Å². The lowest BCUT2D eigenvalue weighted by Crippen LogP contribution is -2.44. The second-order valence-electron chi connectivity index (χ2n) is 10.4. The van der Waals surface area contributed by atoms with E-state index in [1.165, 1.54) is 0 Å². The lowest BCUT2D eigenvalue weighted by atomic mass is 10.1. The number of ether oxygens (including phenoxy) is 5. The van der Waals surface area contributed by atoms with E-state index in [2.05, 4.69) is 5.32 Å². The average Bonchev–Trinajstić information content (AvgIpc) is 2.54. The summed E-state index contributed by atoms with van der Waals surface area (Å²) in [6, 6.07) is -0.835. The predicted octanol–water partition coefficient (Wildman–Crippen LogP) is 2.78. The van der Waals surface area contributed by atoms with Crippen LogP contribution in [0.5, 0.6) is 0 Å². The second-order valence-corrected chi connectivity index (χ2v) is 10.4. The molecule has 0 saturated carbocycles. The van der Waals surface area contributed by atoms with Gasteiger partial charge in [-0.2, -0.15) is 0 Å². The van der Waals surface area contributed by atoms with Crippen LogP contribution in [0.15, 0.2) is 0 Å². The fourth-order valence-corrected chi connectivity index (χ4v) is 2.34. The molecular weight excluding hydrogens is 418 g/mol. The van der Waals surface area contributed by atoms with Gasteiger partial charge in [-0.3, -0.25) is 14.4 Å². The highest BCUT2D eigenvalue weighted by Crippen LogP contribution is 2.13. The van der Waals surface area contributed by atoms with Gasteiger partial charge in [0.25, 0.3) is 0 Å². The molecular formula is C23H43NO8. The number of hydrogen-bond donors (Lipinski definition) is 1. The Morgan fingerprint density at radius 3 is 1.62 bits per heavy atom. The molecule has 0 rings (SSSR count). The van der Waals surface area contributed by atoms with Crippen LogP contribution in [0.25, 0.3) is 0 Å². The van der Waals surface area contributed by atoms with Crippen molar-refractivity contribution in [3.05, 3.63) is 0 Å². The van der Waals surface area contributed by atoms with Crippen LogP contribution in [0.4, 0.5) is 0 Å². The SMILES string of the molecule is CC(C)(C)OC(=O)CCOCCOCCNC(CC(=O)OC(C)(C)C)C(=O)OC(C)(C)C. The lowest BCUT2D eigenvalue weighted by Gasteiger charge is -2.25. The molecule has 0 amide bonds. The largest absolute Gasteiger partial charge is 0.460 e. The van der Waals surface area contributed by atoms with E-state index in [1.807, 2.05) is 20.8 Å². The smallest absolute Gasteiger partial charge is 0.324 e. The molecule has 32 heavy (non-hydrogen) atoms. The van der Waals surface area contributed by atoms with Crippen molar-refractivity contribution in [3.63, 3.8) is 0 Å². The first kappa shape index (κ1) is 30.3. The zero-order valence-corrected chi connectivity index (χ0v) is 21.3. The van der Waals surface area contributed by atoms with Gasteiger partial charge in [-0.25, -0.2) is 0 Å². The van der Waals surface area contributed by atoms with Crippen molar-refractivity contribution in [1.29, 1.82) is 0 Å². The van der Waals surface area contributed by atoms with Crippen molar-refractivity contribution in [2.75, 3.05) is 33.0 Å². The molecule has 1 unspecified atom stereocenters. The Bertz CT molecular complexity index is 584. The summed E-state index contributed by atoms with van der Waals surface area (Å²) in [5, 5.41) is 3.00. The molecule has 0 aliphatic rings. The van der Waals surface area contributed by atoms with Crippen molar-refractivity contribution in [2.24, 2.45) is 0 Å². The molecule has 0 fully saturated rings. The fourth-order valence-electron chi connectivity index (χ4n) is 2.34. The highest BCUT2D eigenvalue weighted by molar-refractivity contribution is 5.83. The minimum atomic E-state index is -0.835. The summed E-state index contributed by atoms with van der Waals surface area (Å²) < 4.78 is 26.7. The summed E-state index contributed by atoms with van der Waals surface area (Å²) in [7, 11) is 0. The Morgan fingerprint density at radius 2 is 1.12 bits per heavy atom. The van der Waals surface area contributed by atoms with Crippen LogP contribution in [0, 0.1) is 0 Å². The fraction of sp³-hybridized carbons (Fsp3) is 0.870. The van der Waals surface area contributed by atoms with E-state index < -0.39 is 34.8 Å². The Kier molecular flexibility index (Phi) is 13.0. The van der Waals surface area contributed by atoms with Crippen molar-refractivity contribution in [1.82, 2.24) is 5.32 Å². The van der Waals surface area contributed by atoms with Gasteiger partial charge in [0, 0.05) is 6.54 Å². The summed E-state index contributed by atoms with van der Waals surface area (Å²) in [4.78, 5) is 36.2. The number of nitrogens with one attached hydrogen (secondary N) is 1. The van der Waals surface area contributed by atoms with Gasteiger partial charge in [-0.15, -0.1) is 0 Å². The third-order valence-corrected chi connectivity index (χ3v) is 3.36. The summed E-state index contributed by atoms with van der Waals surface area (Å²) >= 11 is 0. The normalized spacial score (nSPS) is 13.4. The minimum Gasteiger partial charge on any atom is -0.460 e. The monoisotopic (exact) mass is 461 g/mol. The molecule has 0 radical (unpaired) electrons. The van der Waals surface area contributed by atoms with Gasteiger partial charge in [0.15, 0.2) is 0 Å². The second kappa shape index (κ2) is 13.7. The Balaban J connectivity index is 4.23. The van der Waals surface area contributed by atoms with E-state index in [9.17, 15) is 14.4 Å². The van der Waals surface area contributed by atoms with E-state index in [0.717, 1.165) is 0 Å². The van der Waals surface area contributed by atoms with Gasteiger partial charge in [-0.05, 0) is 62.3 Å². The minimum absolute atomic E-state index is 0.139. The Hall–Kier alpha value is -1.71. The first-order valence-corrected chi connectivity index (χ1v) is 11.0. The number of rotatable bonds is 13. The molecule has 1 N–H and O–H groups in total. The maximum absolute atomic E-state index is 12.4. The van der Waals surface area contributed by atoms with E-state index >= 15 is 0 Å². The van der Waals surface area contributed by atoms with E-state index in [4.69, 9.17) is 23.7 Å². The molecule has 0 heterocycles. The predicted molar refractivity (Wildman–Crippen MR) is 120 cm³/mol. The molecule has 0 aliphatic carbocycles. The highest BCUT2D eigenvalue weighted by atomic mass is 16.6. The van der Waals surface area contributed by atoms with Gasteiger partial charge in [0.1, 0.15) is 22.8 Å². The number of carbonyl (C=O) groups is 3. The summed E-state index contributed by atoms with van der Waals surface area (Å²) in [5.41, 5.74) is -1.81. The Morgan fingerprint density at radius 1 is 0.656 bits per heavy atom. The van der Waals surface area contributed by atoms with Crippen LogP contribution in [-0.4, -0.2) is 73.7 Å². The van der Waals surface area contributed by atoms with E-state index in [1.54, 1.807) is 41.5 Å². The molecule has 0 bridgehead atoms. The quantitative estimate of drug-likeness (QED) is 0.251. The van der Waals surface area contributed by atoms with Crippen LogP contribution < -0.4 is 5.32 Å². The Labute approximate surface area is 192 Å². The number of hydrogen-bond acceptors (Lipinski definition) is 9. The van der Waals surface area contributed by atoms with Crippen LogP contribution >= 0.6 is 0 Å². The molecule has 0 aromatic rings. The average molecular weight is 462 g/mol. The highest BCUT2D eigenvalue weighted by Gasteiger charge is 2.29. The zero-order valence-electron chi connectivity index (χ0n) is 21.3. The van der Waals surface area contributed by atoms with Crippen LogP contribution in [-0.2, 0) is 38.1 Å². The van der Waals surface area contributed by atoms with E-state index in [-0.39, 0.29) is 25.4 Å². The van der Waals surface area contributed by atoms with Crippen molar-refractivity contribution >= 4 is 17.9 Å². The molecule has 0 saturated heterocycles. The van der Waals surface area contributed by atoms with Crippen LogP contribution in [0.1, 0.15) is 75.2 Å². The molecule has 0 spiro atoms. The van der Waals surface area contributed by atoms with Crippen molar-refractivity contribution in [2.45, 2.75) is 98.0 Å². The third-order valence-electron chi connectivity index (χ3n) is 3.36. The topological polar surface area (TPSA) is 109 Å². The molecule has 188 valence electrons. The van der Waals surface area contributed by atoms with Gasteiger partial charge in [-0.1, -0.05) is 0 Å². The number of carbonyl (C=O) groups excluding carboxylic acids is 3. The maximum atomic E-state index is 12.4. The van der Waals surface area contributed by atoms with Gasteiger partial charge >= 0.3 is 17.9 Å². The molecule has 1 atom stereocenters. The van der Waals surface area contributed by atoms with Crippen LogP contribution in [0.3, 0.4) is 0 Å². The molecule has 9 heteroatoms. The third kappa shape index (κ3) is 19.0. The zero-order chi connectivity index (χ0) is 25.0. The molecule has 9 nitrogen and oxygen atoms in total. The first-order valence-electron chi connectivity index (χ1n) is 11.0. The summed E-state index contributed by atoms with van der Waals surface area (Å²) in [6.45, 7) is 17.6. The first-order chi connectivity index (χ1) is 14.5. The van der Waals surface area contributed by atoms with Crippen molar-refractivity contribution < 1.29 is 38.1 Å². The molecule has 0 aromatic heterocycles.